The molecule has 0 heterocycles. The van der Waals surface area contributed by atoms with Crippen molar-refractivity contribution in [2.45, 2.75) is 6.10 Å². The normalized spacial score (nSPS) is 12.5. The van der Waals surface area contributed by atoms with Gasteiger partial charge < -0.3 is 10.5 Å². The van der Waals surface area contributed by atoms with Crippen LogP contribution in [0.4, 0.5) is 5.69 Å². The van der Waals surface area contributed by atoms with Crippen LogP contribution in [0.5, 0.6) is 0 Å². The van der Waals surface area contributed by atoms with Crippen LogP contribution in [0.25, 0.3) is 11.1 Å². The van der Waals surface area contributed by atoms with Gasteiger partial charge in [-0.05, 0) is 29.3 Å². The van der Waals surface area contributed by atoms with Crippen molar-refractivity contribution in [2.24, 2.45) is 0 Å². The largest absolute Gasteiger partial charge is 0.449 e. The topological polar surface area (TPSA) is 52.3 Å². The van der Waals surface area contributed by atoms with E-state index in [1.54, 1.807) is 12.1 Å². The Morgan fingerprint density at radius 3 is 2.08 bits per heavy atom. The molecule has 0 aliphatic heterocycles. The molecule has 3 aromatic rings. The van der Waals surface area contributed by atoms with Crippen molar-refractivity contribution in [3.8, 4) is 11.1 Å². The van der Waals surface area contributed by atoms with E-state index >= 15 is 0 Å². The summed E-state index contributed by atoms with van der Waals surface area (Å²) in [6, 6.07) is 20.7. The first-order valence-corrected chi connectivity index (χ1v) is 7.97. The SMILES string of the molecule is Nc1cc(C(=O)OC2c3ccccc3-c3ccccc32)ccc1Cl. The molecule has 4 heteroatoms. The third kappa shape index (κ3) is 2.34. The molecule has 0 radical (unpaired) electrons. The van der Waals surface area contributed by atoms with Crippen molar-refractivity contribution < 1.29 is 9.53 Å². The average Bonchev–Trinajstić information content (AvgIpc) is 2.92. The minimum absolute atomic E-state index is 0.360. The summed E-state index contributed by atoms with van der Waals surface area (Å²) in [7, 11) is 0. The summed E-state index contributed by atoms with van der Waals surface area (Å²) in [5.41, 5.74) is 10.7. The minimum Gasteiger partial charge on any atom is -0.449 e. The zero-order chi connectivity index (χ0) is 16.7. The number of ether oxygens (including phenoxy) is 1. The van der Waals surface area contributed by atoms with Crippen molar-refractivity contribution in [3.63, 3.8) is 0 Å². The summed E-state index contributed by atoms with van der Waals surface area (Å²) < 4.78 is 5.81. The van der Waals surface area contributed by atoms with Crippen LogP contribution in [0.3, 0.4) is 0 Å². The Labute approximate surface area is 144 Å². The Kier molecular flexibility index (Phi) is 3.51. The first kappa shape index (κ1) is 14.8. The molecule has 0 aromatic heterocycles. The average molecular weight is 336 g/mol. The van der Waals surface area contributed by atoms with E-state index in [0.717, 1.165) is 22.3 Å². The number of halogens is 1. The van der Waals surface area contributed by atoms with Crippen molar-refractivity contribution in [2.75, 3.05) is 5.73 Å². The van der Waals surface area contributed by atoms with Gasteiger partial charge in [0.25, 0.3) is 0 Å². The molecular formula is C20H14ClNO2. The summed E-state index contributed by atoms with van der Waals surface area (Å²) in [6.07, 6.45) is -0.415. The highest BCUT2D eigenvalue weighted by atomic mass is 35.5. The van der Waals surface area contributed by atoms with E-state index in [1.807, 2.05) is 48.5 Å². The number of esters is 1. The summed E-state index contributed by atoms with van der Waals surface area (Å²) in [6.45, 7) is 0. The second-order valence-corrected chi connectivity index (χ2v) is 6.10. The maximum atomic E-state index is 12.6. The number of nitrogen functional groups attached to an aromatic ring is 1. The van der Waals surface area contributed by atoms with Gasteiger partial charge >= 0.3 is 5.97 Å². The lowest BCUT2D eigenvalue weighted by Gasteiger charge is -2.15. The number of carbonyl (C=O) groups excluding carboxylic acids is 1. The standard InChI is InChI=1S/C20H14ClNO2/c21-17-10-9-12(11-18(17)22)20(23)24-19-15-7-3-1-5-13(15)14-6-2-4-8-16(14)19/h1-11,19H,22H2. The molecule has 0 saturated carbocycles. The van der Waals surface area contributed by atoms with Crippen LogP contribution in [0.15, 0.2) is 66.7 Å². The van der Waals surface area contributed by atoms with E-state index < -0.39 is 12.1 Å². The summed E-state index contributed by atoms with van der Waals surface area (Å²) in [4.78, 5) is 12.6. The van der Waals surface area contributed by atoms with Crippen molar-refractivity contribution in [1.82, 2.24) is 0 Å². The molecular weight excluding hydrogens is 322 g/mol. The third-order valence-electron chi connectivity index (χ3n) is 4.23. The molecule has 0 amide bonds. The van der Waals surface area contributed by atoms with Crippen LogP contribution < -0.4 is 5.73 Å². The molecule has 24 heavy (non-hydrogen) atoms. The highest BCUT2D eigenvalue weighted by molar-refractivity contribution is 6.33. The number of nitrogens with two attached hydrogens (primary N) is 1. The Bertz CT molecular complexity index is 906. The second-order valence-electron chi connectivity index (χ2n) is 5.70. The van der Waals surface area contributed by atoms with E-state index in [-0.39, 0.29) is 0 Å². The molecule has 3 nitrogen and oxygen atoms in total. The molecule has 0 saturated heterocycles. The van der Waals surface area contributed by atoms with E-state index in [0.29, 0.717) is 16.3 Å². The van der Waals surface area contributed by atoms with E-state index in [1.165, 1.54) is 6.07 Å². The van der Waals surface area contributed by atoms with Crippen LogP contribution in [0.2, 0.25) is 5.02 Å². The lowest BCUT2D eigenvalue weighted by molar-refractivity contribution is 0.0386. The highest BCUT2D eigenvalue weighted by Gasteiger charge is 2.31. The fourth-order valence-corrected chi connectivity index (χ4v) is 3.20. The Morgan fingerprint density at radius 1 is 0.917 bits per heavy atom. The van der Waals surface area contributed by atoms with Gasteiger partial charge in [-0.1, -0.05) is 60.1 Å². The van der Waals surface area contributed by atoms with Crippen molar-refractivity contribution in [3.05, 3.63) is 88.4 Å². The molecule has 0 fully saturated rings. The van der Waals surface area contributed by atoms with E-state index in [2.05, 4.69) is 0 Å². The molecule has 0 atom stereocenters. The second kappa shape index (κ2) is 5.69. The maximum Gasteiger partial charge on any atom is 0.339 e. The van der Waals surface area contributed by atoms with Crippen LogP contribution in [0.1, 0.15) is 27.6 Å². The van der Waals surface area contributed by atoms with Crippen molar-refractivity contribution in [1.29, 1.82) is 0 Å². The summed E-state index contributed by atoms with van der Waals surface area (Å²) >= 11 is 5.91. The van der Waals surface area contributed by atoms with Crippen LogP contribution in [-0.4, -0.2) is 5.97 Å². The van der Waals surface area contributed by atoms with Crippen LogP contribution >= 0.6 is 11.6 Å². The van der Waals surface area contributed by atoms with Gasteiger partial charge in [-0.3, -0.25) is 0 Å². The fourth-order valence-electron chi connectivity index (χ4n) is 3.08. The predicted octanol–water partition coefficient (Wildman–Crippen LogP) is 4.85. The van der Waals surface area contributed by atoms with Gasteiger partial charge in [-0.2, -0.15) is 0 Å². The zero-order valence-electron chi connectivity index (χ0n) is 12.7. The van der Waals surface area contributed by atoms with Crippen molar-refractivity contribution >= 4 is 23.3 Å². The highest BCUT2D eigenvalue weighted by Crippen LogP contribution is 2.45. The minimum atomic E-state index is -0.421. The molecule has 0 bridgehead atoms. The number of hydrogen-bond acceptors (Lipinski definition) is 3. The lowest BCUT2D eigenvalue weighted by atomic mass is 10.1. The molecule has 2 N–H and O–H groups in total. The predicted molar refractivity (Wildman–Crippen MR) is 95.0 cm³/mol. The quantitative estimate of drug-likeness (QED) is 0.538. The van der Waals surface area contributed by atoms with Gasteiger partial charge in [0.15, 0.2) is 6.10 Å². The summed E-state index contributed by atoms with van der Waals surface area (Å²) in [5, 5.41) is 0.420. The summed E-state index contributed by atoms with van der Waals surface area (Å²) in [5.74, 6) is -0.421. The lowest BCUT2D eigenvalue weighted by Crippen LogP contribution is -2.11. The first-order chi connectivity index (χ1) is 11.6. The van der Waals surface area contributed by atoms with E-state index in [9.17, 15) is 4.79 Å². The first-order valence-electron chi connectivity index (χ1n) is 7.59. The Hall–Kier alpha value is -2.78. The number of fused-ring (bicyclic) bond motifs is 3. The smallest absolute Gasteiger partial charge is 0.339 e. The number of hydrogen-bond donors (Lipinski definition) is 1. The number of rotatable bonds is 2. The molecule has 0 spiro atoms. The van der Waals surface area contributed by atoms with Crippen LogP contribution in [-0.2, 0) is 4.74 Å². The molecule has 1 aliphatic rings. The van der Waals surface area contributed by atoms with Gasteiger partial charge in [0.2, 0.25) is 0 Å². The maximum absolute atomic E-state index is 12.6. The van der Waals surface area contributed by atoms with Gasteiger partial charge in [-0.15, -0.1) is 0 Å². The molecule has 3 aromatic carbocycles. The van der Waals surface area contributed by atoms with E-state index in [4.69, 9.17) is 22.1 Å². The Balaban J connectivity index is 1.72. The fraction of sp³-hybridized carbons (Fsp3) is 0.0500. The molecule has 1 aliphatic carbocycles. The van der Waals surface area contributed by atoms with Gasteiger partial charge in [-0.25, -0.2) is 4.79 Å². The van der Waals surface area contributed by atoms with Gasteiger partial charge in [0.1, 0.15) is 0 Å². The van der Waals surface area contributed by atoms with Gasteiger partial charge in [0, 0.05) is 11.1 Å². The Morgan fingerprint density at radius 2 is 1.50 bits per heavy atom. The number of benzene rings is 3. The number of anilines is 1. The van der Waals surface area contributed by atoms with Crippen LogP contribution in [0, 0.1) is 0 Å². The molecule has 0 unspecified atom stereocenters. The molecule has 4 rings (SSSR count). The zero-order valence-corrected chi connectivity index (χ0v) is 13.5. The molecule has 118 valence electrons. The van der Waals surface area contributed by atoms with Gasteiger partial charge in [0.05, 0.1) is 16.3 Å². The monoisotopic (exact) mass is 335 g/mol. The number of carbonyl (C=O) groups is 1. The third-order valence-corrected chi connectivity index (χ3v) is 4.58.